The normalized spacial score (nSPS) is 12.2. The second-order valence-corrected chi connectivity index (χ2v) is 3.83. The molecule has 1 amide bonds. The van der Waals surface area contributed by atoms with Crippen LogP contribution in [0.4, 0.5) is 4.39 Å². The Bertz CT molecular complexity index is 377. The largest absolute Gasteiger partial charge is 0.393 e. The molecule has 16 heavy (non-hydrogen) atoms. The first-order valence-corrected chi connectivity index (χ1v) is 5.23. The Balaban J connectivity index is 2.63. The van der Waals surface area contributed by atoms with Crippen molar-refractivity contribution >= 4 is 5.91 Å². The summed E-state index contributed by atoms with van der Waals surface area (Å²) in [7, 11) is 0. The van der Waals surface area contributed by atoms with Crippen LogP contribution in [-0.4, -0.2) is 23.7 Å². The van der Waals surface area contributed by atoms with E-state index in [0.717, 1.165) is 0 Å². The van der Waals surface area contributed by atoms with E-state index >= 15 is 0 Å². The van der Waals surface area contributed by atoms with Gasteiger partial charge in [-0.3, -0.25) is 4.79 Å². The molecule has 0 aliphatic carbocycles. The molecule has 1 rings (SSSR count). The number of benzene rings is 1. The highest BCUT2D eigenvalue weighted by Gasteiger charge is 2.12. The fraction of sp³-hybridized carbons (Fsp3) is 0.417. The van der Waals surface area contributed by atoms with E-state index in [-0.39, 0.29) is 5.56 Å². The second kappa shape index (κ2) is 5.61. The molecule has 2 N–H and O–H groups in total. The number of halogens is 1. The van der Waals surface area contributed by atoms with E-state index < -0.39 is 17.8 Å². The number of aryl methyl sites for hydroxylation is 1. The van der Waals surface area contributed by atoms with Crippen molar-refractivity contribution in [3.8, 4) is 0 Å². The van der Waals surface area contributed by atoms with Crippen LogP contribution < -0.4 is 5.32 Å². The van der Waals surface area contributed by atoms with Crippen LogP contribution in [0.2, 0.25) is 0 Å². The molecular formula is C12H16FNO2. The molecule has 0 heterocycles. The predicted octanol–water partition coefficient (Wildman–Crippen LogP) is 1.63. The van der Waals surface area contributed by atoms with Crippen LogP contribution in [-0.2, 0) is 0 Å². The Labute approximate surface area is 94.3 Å². The number of aliphatic hydroxyl groups is 1. The van der Waals surface area contributed by atoms with Crippen molar-refractivity contribution < 1.29 is 14.3 Å². The van der Waals surface area contributed by atoms with Gasteiger partial charge in [-0.25, -0.2) is 4.39 Å². The van der Waals surface area contributed by atoms with Gasteiger partial charge in [0, 0.05) is 6.54 Å². The molecule has 0 bridgehead atoms. The van der Waals surface area contributed by atoms with Gasteiger partial charge in [-0.15, -0.1) is 0 Å². The topological polar surface area (TPSA) is 49.3 Å². The van der Waals surface area contributed by atoms with Crippen LogP contribution in [0.15, 0.2) is 18.2 Å². The predicted molar refractivity (Wildman–Crippen MR) is 59.8 cm³/mol. The molecule has 0 aliphatic rings. The van der Waals surface area contributed by atoms with Gasteiger partial charge in [-0.05, 0) is 31.9 Å². The van der Waals surface area contributed by atoms with E-state index in [1.807, 2.05) is 0 Å². The number of carbonyl (C=O) groups is 1. The first-order valence-electron chi connectivity index (χ1n) is 5.23. The zero-order chi connectivity index (χ0) is 12.1. The number of nitrogens with one attached hydrogen (secondary N) is 1. The van der Waals surface area contributed by atoms with E-state index in [4.69, 9.17) is 5.11 Å². The lowest BCUT2D eigenvalue weighted by Crippen LogP contribution is -2.27. The van der Waals surface area contributed by atoms with Crippen LogP contribution in [0.5, 0.6) is 0 Å². The molecule has 0 aromatic heterocycles. The lowest BCUT2D eigenvalue weighted by atomic mass is 10.1. The van der Waals surface area contributed by atoms with Gasteiger partial charge in [-0.1, -0.05) is 12.1 Å². The molecular weight excluding hydrogens is 209 g/mol. The zero-order valence-electron chi connectivity index (χ0n) is 9.46. The lowest BCUT2D eigenvalue weighted by molar-refractivity contribution is 0.0941. The summed E-state index contributed by atoms with van der Waals surface area (Å²) in [6, 6.07) is 4.70. The van der Waals surface area contributed by atoms with Gasteiger partial charge in [0.15, 0.2) is 0 Å². The summed E-state index contributed by atoms with van der Waals surface area (Å²) >= 11 is 0. The minimum absolute atomic E-state index is 0.0468. The zero-order valence-corrected chi connectivity index (χ0v) is 9.46. The Morgan fingerprint density at radius 3 is 2.88 bits per heavy atom. The number of hydrogen-bond donors (Lipinski definition) is 2. The number of carbonyl (C=O) groups excluding carboxylic acids is 1. The van der Waals surface area contributed by atoms with Crippen molar-refractivity contribution in [2.45, 2.75) is 26.4 Å². The summed E-state index contributed by atoms with van der Waals surface area (Å²) < 4.78 is 13.5. The number of amides is 1. The minimum Gasteiger partial charge on any atom is -0.393 e. The molecule has 1 aromatic rings. The average Bonchev–Trinajstić information content (AvgIpc) is 2.21. The van der Waals surface area contributed by atoms with Gasteiger partial charge in [0.25, 0.3) is 5.91 Å². The van der Waals surface area contributed by atoms with E-state index in [1.165, 1.54) is 6.07 Å². The SMILES string of the molecule is Cc1cccc(C(=O)NCCC(C)O)c1F. The summed E-state index contributed by atoms with van der Waals surface area (Å²) in [5.74, 6) is -0.932. The van der Waals surface area contributed by atoms with Crippen molar-refractivity contribution in [2.75, 3.05) is 6.54 Å². The Kier molecular flexibility index (Phi) is 4.43. The molecule has 0 saturated heterocycles. The van der Waals surface area contributed by atoms with E-state index in [9.17, 15) is 9.18 Å². The number of aliphatic hydroxyl groups excluding tert-OH is 1. The number of hydrogen-bond acceptors (Lipinski definition) is 2. The van der Waals surface area contributed by atoms with Crippen molar-refractivity contribution in [3.63, 3.8) is 0 Å². The van der Waals surface area contributed by atoms with Crippen molar-refractivity contribution in [1.29, 1.82) is 0 Å². The van der Waals surface area contributed by atoms with Gasteiger partial charge >= 0.3 is 0 Å². The average molecular weight is 225 g/mol. The molecule has 0 saturated carbocycles. The molecule has 88 valence electrons. The Morgan fingerprint density at radius 2 is 2.25 bits per heavy atom. The quantitative estimate of drug-likeness (QED) is 0.818. The summed E-state index contributed by atoms with van der Waals surface area (Å²) in [6.45, 7) is 3.59. The first-order chi connectivity index (χ1) is 7.52. The Morgan fingerprint density at radius 1 is 1.56 bits per heavy atom. The van der Waals surface area contributed by atoms with Gasteiger partial charge in [0.2, 0.25) is 0 Å². The fourth-order valence-electron chi connectivity index (χ4n) is 1.31. The van der Waals surface area contributed by atoms with Crippen LogP contribution in [0.25, 0.3) is 0 Å². The standard InChI is InChI=1S/C12H16FNO2/c1-8-4-3-5-10(11(8)13)12(16)14-7-6-9(2)15/h3-5,9,15H,6-7H2,1-2H3,(H,14,16). The van der Waals surface area contributed by atoms with E-state index in [2.05, 4.69) is 5.32 Å². The van der Waals surface area contributed by atoms with Gasteiger partial charge in [-0.2, -0.15) is 0 Å². The molecule has 0 radical (unpaired) electrons. The van der Waals surface area contributed by atoms with Gasteiger partial charge < -0.3 is 10.4 Å². The molecule has 0 spiro atoms. The summed E-state index contributed by atoms with van der Waals surface area (Å²) in [6.07, 6.45) is -0.0122. The first kappa shape index (κ1) is 12.6. The van der Waals surface area contributed by atoms with E-state index in [0.29, 0.717) is 18.5 Å². The second-order valence-electron chi connectivity index (χ2n) is 3.83. The van der Waals surface area contributed by atoms with Crippen molar-refractivity contribution in [3.05, 3.63) is 35.1 Å². The fourth-order valence-corrected chi connectivity index (χ4v) is 1.31. The highest BCUT2D eigenvalue weighted by Crippen LogP contribution is 2.11. The van der Waals surface area contributed by atoms with Crippen LogP contribution in [0.3, 0.4) is 0 Å². The van der Waals surface area contributed by atoms with Gasteiger partial charge in [0.05, 0.1) is 11.7 Å². The maximum Gasteiger partial charge on any atom is 0.254 e. The van der Waals surface area contributed by atoms with E-state index in [1.54, 1.807) is 26.0 Å². The Hall–Kier alpha value is -1.42. The molecule has 3 nitrogen and oxygen atoms in total. The smallest absolute Gasteiger partial charge is 0.254 e. The maximum absolute atomic E-state index is 13.5. The third kappa shape index (κ3) is 3.31. The monoisotopic (exact) mass is 225 g/mol. The number of rotatable bonds is 4. The third-order valence-corrected chi connectivity index (χ3v) is 2.28. The highest BCUT2D eigenvalue weighted by molar-refractivity contribution is 5.94. The molecule has 1 aromatic carbocycles. The minimum atomic E-state index is -0.489. The maximum atomic E-state index is 13.5. The lowest BCUT2D eigenvalue weighted by Gasteiger charge is -2.08. The molecule has 1 unspecified atom stereocenters. The highest BCUT2D eigenvalue weighted by atomic mass is 19.1. The van der Waals surface area contributed by atoms with Crippen LogP contribution >= 0.6 is 0 Å². The molecule has 0 fully saturated rings. The molecule has 1 atom stereocenters. The molecule has 4 heteroatoms. The van der Waals surface area contributed by atoms with Crippen molar-refractivity contribution in [1.82, 2.24) is 5.32 Å². The third-order valence-electron chi connectivity index (χ3n) is 2.28. The van der Waals surface area contributed by atoms with Gasteiger partial charge in [0.1, 0.15) is 5.82 Å². The summed E-state index contributed by atoms with van der Waals surface area (Å²) in [5, 5.41) is 11.6. The summed E-state index contributed by atoms with van der Waals surface area (Å²) in [5.41, 5.74) is 0.494. The van der Waals surface area contributed by atoms with Crippen LogP contribution in [0, 0.1) is 12.7 Å². The molecule has 0 aliphatic heterocycles. The van der Waals surface area contributed by atoms with Crippen molar-refractivity contribution in [2.24, 2.45) is 0 Å². The summed E-state index contributed by atoms with van der Waals surface area (Å²) in [4.78, 5) is 11.6. The van der Waals surface area contributed by atoms with Crippen LogP contribution in [0.1, 0.15) is 29.3 Å².